The molecule has 0 saturated carbocycles. The summed E-state index contributed by atoms with van der Waals surface area (Å²) in [4.78, 5) is 78.0. The first-order valence-corrected chi connectivity index (χ1v) is 15.4. The summed E-state index contributed by atoms with van der Waals surface area (Å²) < 4.78 is 27.3. The molecule has 43 heavy (non-hydrogen) atoms. The van der Waals surface area contributed by atoms with Crippen molar-refractivity contribution in [2.24, 2.45) is 23.3 Å². The summed E-state index contributed by atoms with van der Waals surface area (Å²) in [7, 11) is -4.46. The number of benzene rings is 2. The number of sulfone groups is 1. The molecule has 0 saturated heterocycles. The predicted octanol–water partition coefficient (Wildman–Crippen LogP) is 2.64. The fraction of sp³-hybridized carbons (Fsp3) is 0.357. The number of imide groups is 2. The maximum absolute atomic E-state index is 13.7. The Balaban J connectivity index is 1.77. The van der Waals surface area contributed by atoms with Crippen LogP contribution in [0.1, 0.15) is 82.0 Å². The van der Waals surface area contributed by atoms with E-state index in [1.54, 1.807) is 27.7 Å². The zero-order chi connectivity index (χ0) is 32.4. The summed E-state index contributed by atoms with van der Waals surface area (Å²) in [6.07, 6.45) is 0.585. The Morgan fingerprint density at radius 3 is 1.28 bits per heavy atom. The molecule has 0 aliphatic carbocycles. The summed E-state index contributed by atoms with van der Waals surface area (Å²) in [6.45, 7) is 6.46. The van der Waals surface area contributed by atoms with Crippen LogP contribution in [0.2, 0.25) is 0 Å². The lowest BCUT2D eigenvalue weighted by atomic mass is 9.92. The van der Waals surface area contributed by atoms with Crippen molar-refractivity contribution >= 4 is 67.2 Å². The molecule has 2 aliphatic heterocycles. The molecular formula is C28H28Cl2N4O8S. The molecule has 12 nitrogen and oxygen atoms in total. The van der Waals surface area contributed by atoms with Gasteiger partial charge in [-0.15, -0.1) is 0 Å². The summed E-state index contributed by atoms with van der Waals surface area (Å²) >= 11 is 11.5. The van der Waals surface area contributed by atoms with Gasteiger partial charge >= 0.3 is 0 Å². The number of rotatable bonds is 10. The average molecular weight is 652 g/mol. The molecule has 2 aliphatic rings. The number of hydrogen-bond donors (Lipinski definition) is 2. The maximum Gasteiger partial charge on any atom is 0.263 e. The van der Waals surface area contributed by atoms with E-state index in [0.29, 0.717) is 22.6 Å². The quantitative estimate of drug-likeness (QED) is 0.285. The monoisotopic (exact) mass is 650 g/mol. The van der Waals surface area contributed by atoms with Gasteiger partial charge in [0.25, 0.3) is 34.1 Å². The number of fused-ring (bicyclic) bond motifs is 2. The molecule has 2 aromatic carbocycles. The van der Waals surface area contributed by atoms with Gasteiger partial charge in [0.1, 0.15) is 0 Å². The standard InChI is InChI=1S/C28H28Cl2N4O8S/c1-5-13(3)27(31,25(29)39)33-21(35)17-9-7-15(11-19(17)23(33)37)43(41,42)16-8-10-18-20(12-16)24(38)34(22(18)36)28(32,26(30)40)14(4)6-2/h7-14H,5-6,31-32H2,1-4H3/t13-,14-,27-,28-/m0/s1. The summed E-state index contributed by atoms with van der Waals surface area (Å²) in [6, 6.07) is 6.32. The molecular weight excluding hydrogens is 623 g/mol. The Hall–Kier alpha value is -3.49. The van der Waals surface area contributed by atoms with E-state index < -0.39 is 76.9 Å². The fourth-order valence-electron chi connectivity index (χ4n) is 5.21. The Morgan fingerprint density at radius 2 is 1.00 bits per heavy atom. The second-order valence-electron chi connectivity index (χ2n) is 10.6. The molecule has 4 amide bonds. The lowest BCUT2D eigenvalue weighted by molar-refractivity contribution is -0.123. The lowest BCUT2D eigenvalue weighted by Gasteiger charge is -2.38. The Bertz CT molecular complexity index is 1630. The highest BCUT2D eigenvalue weighted by molar-refractivity contribution is 7.91. The molecule has 4 atom stereocenters. The largest absolute Gasteiger partial charge is 0.301 e. The van der Waals surface area contributed by atoms with E-state index in [9.17, 15) is 37.2 Å². The lowest BCUT2D eigenvalue weighted by Crippen LogP contribution is -2.65. The van der Waals surface area contributed by atoms with Gasteiger partial charge in [-0.1, -0.05) is 27.7 Å². The van der Waals surface area contributed by atoms with Crippen molar-refractivity contribution < 1.29 is 37.2 Å². The molecule has 2 heterocycles. The van der Waals surface area contributed by atoms with Crippen LogP contribution in [0.5, 0.6) is 0 Å². The van der Waals surface area contributed by atoms with Gasteiger partial charge in [0.05, 0.1) is 32.0 Å². The smallest absolute Gasteiger partial charge is 0.263 e. The van der Waals surface area contributed by atoms with Gasteiger partial charge in [0, 0.05) is 11.8 Å². The molecule has 4 rings (SSSR count). The fourth-order valence-corrected chi connectivity index (χ4v) is 7.06. The van der Waals surface area contributed by atoms with E-state index >= 15 is 0 Å². The van der Waals surface area contributed by atoms with E-state index in [1.165, 1.54) is 0 Å². The van der Waals surface area contributed by atoms with Crippen LogP contribution in [0.3, 0.4) is 0 Å². The molecule has 0 bridgehead atoms. The van der Waals surface area contributed by atoms with Gasteiger partial charge in [0.15, 0.2) is 11.3 Å². The first-order valence-electron chi connectivity index (χ1n) is 13.2. The first-order chi connectivity index (χ1) is 19.9. The zero-order valence-corrected chi connectivity index (χ0v) is 25.8. The Morgan fingerprint density at radius 1 is 0.698 bits per heavy atom. The highest BCUT2D eigenvalue weighted by atomic mass is 35.5. The minimum Gasteiger partial charge on any atom is -0.301 e. The highest BCUT2D eigenvalue weighted by Crippen LogP contribution is 2.38. The number of hydrogen-bond acceptors (Lipinski definition) is 10. The van der Waals surface area contributed by atoms with Gasteiger partial charge in [0.2, 0.25) is 9.84 Å². The molecule has 0 fully saturated rings. The molecule has 0 spiro atoms. The van der Waals surface area contributed by atoms with Crippen molar-refractivity contribution in [2.75, 3.05) is 0 Å². The van der Waals surface area contributed by atoms with Crippen LogP contribution < -0.4 is 11.5 Å². The van der Waals surface area contributed by atoms with E-state index in [2.05, 4.69) is 0 Å². The van der Waals surface area contributed by atoms with Gasteiger partial charge < -0.3 is 11.5 Å². The van der Waals surface area contributed by atoms with Crippen LogP contribution in [0, 0.1) is 11.8 Å². The van der Waals surface area contributed by atoms with Gasteiger partial charge in [-0.3, -0.25) is 28.8 Å². The van der Waals surface area contributed by atoms with E-state index in [-0.39, 0.29) is 22.3 Å². The number of carbonyl (C=O) groups is 6. The molecule has 0 unspecified atom stereocenters. The molecule has 0 aromatic heterocycles. The second-order valence-corrected chi connectivity index (χ2v) is 13.3. The molecule has 228 valence electrons. The van der Waals surface area contributed by atoms with Gasteiger partial charge in [-0.25, -0.2) is 18.2 Å². The Labute approximate surface area is 257 Å². The third-order valence-corrected chi connectivity index (χ3v) is 10.8. The van der Waals surface area contributed by atoms with Crippen molar-refractivity contribution in [1.82, 2.24) is 9.80 Å². The minimum absolute atomic E-state index is 0.180. The van der Waals surface area contributed by atoms with Crippen LogP contribution in [0.25, 0.3) is 0 Å². The van der Waals surface area contributed by atoms with Crippen molar-refractivity contribution in [3.63, 3.8) is 0 Å². The third-order valence-electron chi connectivity index (χ3n) is 8.43. The van der Waals surface area contributed by atoms with E-state index in [4.69, 9.17) is 34.7 Å². The number of amides is 4. The maximum atomic E-state index is 13.7. The van der Waals surface area contributed by atoms with Crippen LogP contribution in [0.4, 0.5) is 0 Å². The third kappa shape index (κ3) is 4.52. The van der Waals surface area contributed by atoms with Crippen molar-refractivity contribution in [3.05, 3.63) is 58.7 Å². The molecule has 2 aromatic rings. The summed E-state index contributed by atoms with van der Waals surface area (Å²) in [5.41, 5.74) is 7.09. The number of nitrogens with two attached hydrogens (primary N) is 2. The number of nitrogens with zero attached hydrogens (tertiary/aromatic N) is 2. The van der Waals surface area contributed by atoms with E-state index in [1.807, 2.05) is 0 Å². The van der Waals surface area contributed by atoms with Crippen LogP contribution >= 0.6 is 23.2 Å². The van der Waals surface area contributed by atoms with E-state index in [0.717, 1.165) is 36.4 Å². The van der Waals surface area contributed by atoms with Crippen molar-refractivity contribution in [1.29, 1.82) is 0 Å². The Kier molecular flexibility index (Phi) is 8.22. The topological polar surface area (TPSA) is 195 Å². The second kappa shape index (κ2) is 10.9. The van der Waals surface area contributed by atoms with Crippen molar-refractivity contribution in [3.8, 4) is 0 Å². The van der Waals surface area contributed by atoms with Gasteiger partial charge in [-0.05, 0) is 72.4 Å². The first kappa shape index (κ1) is 32.4. The zero-order valence-electron chi connectivity index (χ0n) is 23.5. The van der Waals surface area contributed by atoms with Crippen molar-refractivity contribution in [2.45, 2.75) is 61.7 Å². The predicted molar refractivity (Wildman–Crippen MR) is 154 cm³/mol. The van der Waals surface area contributed by atoms with Crippen LogP contribution in [-0.2, 0) is 19.4 Å². The number of carbonyl (C=O) groups excluding carboxylic acids is 6. The van der Waals surface area contributed by atoms with Crippen LogP contribution in [-0.4, -0.2) is 63.7 Å². The SMILES string of the molecule is CC[C@H](C)[C@@](N)(C(=O)Cl)N1C(=O)c2ccc(S(=O)(=O)c3ccc4c(c3)C(=O)N([C@](N)(C(=O)Cl)[C@@H](C)CC)C4=O)cc2C1=O. The summed E-state index contributed by atoms with van der Waals surface area (Å²) in [5, 5.41) is -2.28. The number of halogens is 2. The molecule has 0 radical (unpaired) electrons. The summed E-state index contributed by atoms with van der Waals surface area (Å²) in [5.74, 6) is -5.29. The molecule has 4 N–H and O–H groups in total. The average Bonchev–Trinajstić information content (AvgIpc) is 3.38. The minimum atomic E-state index is -4.46. The van der Waals surface area contributed by atoms with Gasteiger partial charge in [-0.2, -0.15) is 0 Å². The van der Waals surface area contributed by atoms with Crippen LogP contribution in [0.15, 0.2) is 46.2 Å². The highest BCUT2D eigenvalue weighted by Gasteiger charge is 2.55. The molecule has 15 heteroatoms. The normalized spacial score (nSPS) is 19.1.